The molecule has 0 aromatic carbocycles. The van der Waals surface area contributed by atoms with Crippen LogP contribution < -0.4 is 0 Å². The molecule has 0 atom stereocenters. The van der Waals surface area contributed by atoms with Gasteiger partial charge in [0.2, 0.25) is 0 Å². The predicted molar refractivity (Wildman–Crippen MR) is 41.5 cm³/mol. The third-order valence-electron chi connectivity index (χ3n) is 1.90. The smallest absolute Gasteiger partial charge is 0.159 e. The lowest BCUT2D eigenvalue weighted by Crippen LogP contribution is -2.02. The van der Waals surface area contributed by atoms with Gasteiger partial charge in [-0.1, -0.05) is 19.4 Å². The quantitative estimate of drug-likeness (QED) is 0.541. The van der Waals surface area contributed by atoms with Gasteiger partial charge >= 0.3 is 0 Å². The summed E-state index contributed by atoms with van der Waals surface area (Å²) in [7, 11) is 0. The van der Waals surface area contributed by atoms with Gasteiger partial charge in [-0.25, -0.2) is 0 Å². The van der Waals surface area contributed by atoms with Crippen molar-refractivity contribution in [3.63, 3.8) is 0 Å². The van der Waals surface area contributed by atoms with E-state index < -0.39 is 0 Å². The van der Waals surface area contributed by atoms with Crippen molar-refractivity contribution in [2.75, 3.05) is 0 Å². The Kier molecular flexibility index (Phi) is 1.93. The molecule has 1 aliphatic carbocycles. The maximum atomic E-state index is 11.1. The molecule has 0 fully saturated rings. The molecule has 0 saturated carbocycles. The second-order valence-electron chi connectivity index (χ2n) is 3.08. The molecule has 1 aliphatic rings. The van der Waals surface area contributed by atoms with E-state index in [2.05, 4.69) is 13.8 Å². The van der Waals surface area contributed by atoms with Crippen LogP contribution >= 0.6 is 0 Å². The molecule has 55 valence electrons. The molecule has 10 heavy (non-hydrogen) atoms. The number of hydrogen-bond acceptors (Lipinski definition) is 1. The third-order valence-corrected chi connectivity index (χ3v) is 1.90. The van der Waals surface area contributed by atoms with Gasteiger partial charge in [-0.3, -0.25) is 4.79 Å². The molecule has 1 heteroatoms. The second kappa shape index (κ2) is 2.57. The lowest BCUT2D eigenvalue weighted by atomic mass is 9.99. The van der Waals surface area contributed by atoms with E-state index in [-0.39, 0.29) is 0 Å². The topological polar surface area (TPSA) is 17.1 Å². The summed E-state index contributed by atoms with van der Waals surface area (Å²) in [6.45, 7) is 6.14. The van der Waals surface area contributed by atoms with Crippen molar-refractivity contribution in [1.29, 1.82) is 0 Å². The molecule has 0 aliphatic heterocycles. The van der Waals surface area contributed by atoms with Gasteiger partial charge < -0.3 is 0 Å². The van der Waals surface area contributed by atoms with E-state index in [1.54, 1.807) is 0 Å². The van der Waals surface area contributed by atoms with Gasteiger partial charge in [-0.15, -0.1) is 0 Å². The highest BCUT2D eigenvalue weighted by Gasteiger charge is 2.21. The molecule has 1 nitrogen and oxygen atoms in total. The minimum absolute atomic E-state index is 0.313. The number of ketones is 1. The summed E-state index contributed by atoms with van der Waals surface area (Å²) < 4.78 is 0. The Morgan fingerprint density at radius 1 is 1.50 bits per heavy atom. The van der Waals surface area contributed by atoms with Crippen LogP contribution in [-0.4, -0.2) is 5.78 Å². The van der Waals surface area contributed by atoms with E-state index in [0.29, 0.717) is 18.1 Å². The van der Waals surface area contributed by atoms with Gasteiger partial charge in [0, 0.05) is 6.42 Å². The summed E-state index contributed by atoms with van der Waals surface area (Å²) in [5.41, 5.74) is 2.21. The highest BCUT2D eigenvalue weighted by Crippen LogP contribution is 2.26. The zero-order chi connectivity index (χ0) is 7.72. The Bertz CT molecular complexity index is 187. The van der Waals surface area contributed by atoms with Gasteiger partial charge in [0.15, 0.2) is 5.78 Å². The van der Waals surface area contributed by atoms with E-state index in [4.69, 9.17) is 0 Å². The lowest BCUT2D eigenvalue weighted by Gasteiger charge is -2.04. The molecule has 0 heterocycles. The minimum Gasteiger partial charge on any atom is -0.295 e. The van der Waals surface area contributed by atoms with Crippen molar-refractivity contribution >= 4 is 5.78 Å². The Balaban J connectivity index is 2.88. The molecule has 0 saturated heterocycles. The van der Waals surface area contributed by atoms with Crippen molar-refractivity contribution in [2.45, 2.75) is 27.2 Å². The van der Waals surface area contributed by atoms with Crippen molar-refractivity contribution in [2.24, 2.45) is 5.92 Å². The second-order valence-corrected chi connectivity index (χ2v) is 3.08. The van der Waals surface area contributed by atoms with Crippen molar-refractivity contribution in [3.8, 4) is 0 Å². The summed E-state index contributed by atoms with van der Waals surface area (Å²) in [5.74, 6) is 0.707. The fraction of sp³-hybridized carbons (Fsp3) is 0.556. The van der Waals surface area contributed by atoms with Gasteiger partial charge in [-0.2, -0.15) is 0 Å². The average Bonchev–Trinajstić information content (AvgIpc) is 2.11. The average molecular weight is 137 g/mol. The first-order valence-corrected chi connectivity index (χ1v) is 3.70. The highest BCUT2D eigenvalue weighted by atomic mass is 16.1. The van der Waals surface area contributed by atoms with Gasteiger partial charge in [0.25, 0.3) is 0 Å². The molecule has 1 rings (SSSR count). The Labute approximate surface area is 62.1 Å². The van der Waals surface area contributed by atoms with Gasteiger partial charge in [0.1, 0.15) is 0 Å². The maximum absolute atomic E-state index is 11.1. The molecular weight excluding hydrogens is 124 g/mol. The van der Waals surface area contributed by atoms with Crippen LogP contribution in [-0.2, 0) is 4.79 Å². The minimum atomic E-state index is 0.313. The summed E-state index contributed by atoms with van der Waals surface area (Å²) in [5, 5.41) is 0. The van der Waals surface area contributed by atoms with E-state index in [1.807, 2.05) is 13.3 Å². The summed E-state index contributed by atoms with van der Waals surface area (Å²) in [6, 6.07) is 0. The Morgan fingerprint density at radius 3 is 2.30 bits per heavy atom. The SMILES string of the molecule is CC1=C(C(C)C)C(=O)C[CH]1. The zero-order valence-corrected chi connectivity index (χ0v) is 6.77. The summed E-state index contributed by atoms with van der Waals surface area (Å²) in [4.78, 5) is 11.1. The number of carbonyl (C=O) groups is 1. The molecule has 0 bridgehead atoms. The van der Waals surface area contributed by atoms with Crippen LogP contribution in [0.4, 0.5) is 0 Å². The summed E-state index contributed by atoms with van der Waals surface area (Å²) in [6.07, 6.45) is 2.64. The van der Waals surface area contributed by atoms with E-state index >= 15 is 0 Å². The standard InChI is InChI=1S/C9H13O/c1-6(2)9-7(3)4-5-8(9)10/h4,6H,5H2,1-3H3. The first kappa shape index (κ1) is 7.52. The van der Waals surface area contributed by atoms with Crippen LogP contribution in [0, 0.1) is 12.3 Å². The molecule has 0 unspecified atom stereocenters. The van der Waals surface area contributed by atoms with Crippen LogP contribution in [0.2, 0.25) is 0 Å². The maximum Gasteiger partial charge on any atom is 0.159 e. The monoisotopic (exact) mass is 137 g/mol. The van der Waals surface area contributed by atoms with E-state index in [9.17, 15) is 4.79 Å². The third kappa shape index (κ3) is 1.13. The van der Waals surface area contributed by atoms with Crippen LogP contribution in [0.1, 0.15) is 27.2 Å². The van der Waals surface area contributed by atoms with Crippen LogP contribution in [0.25, 0.3) is 0 Å². The van der Waals surface area contributed by atoms with Crippen LogP contribution in [0.15, 0.2) is 11.1 Å². The van der Waals surface area contributed by atoms with Gasteiger partial charge in [-0.05, 0) is 24.8 Å². The predicted octanol–water partition coefficient (Wildman–Crippen LogP) is 2.14. The molecular formula is C9H13O. The molecule has 0 spiro atoms. The Hall–Kier alpha value is -0.590. The molecule has 0 aromatic heterocycles. The summed E-state index contributed by atoms with van der Waals surface area (Å²) >= 11 is 0. The van der Waals surface area contributed by atoms with Crippen molar-refractivity contribution in [1.82, 2.24) is 0 Å². The molecule has 0 amide bonds. The molecule has 0 N–H and O–H groups in total. The normalized spacial score (nSPS) is 19.4. The first-order valence-electron chi connectivity index (χ1n) is 3.70. The van der Waals surface area contributed by atoms with Gasteiger partial charge in [0.05, 0.1) is 0 Å². The number of hydrogen-bond donors (Lipinski definition) is 0. The van der Waals surface area contributed by atoms with Crippen LogP contribution in [0.3, 0.4) is 0 Å². The molecule has 1 radical (unpaired) electrons. The number of rotatable bonds is 1. The fourth-order valence-corrected chi connectivity index (χ4v) is 1.46. The molecule has 0 aromatic rings. The highest BCUT2D eigenvalue weighted by molar-refractivity contribution is 6.00. The fourth-order valence-electron chi connectivity index (χ4n) is 1.46. The van der Waals surface area contributed by atoms with Crippen LogP contribution in [0.5, 0.6) is 0 Å². The van der Waals surface area contributed by atoms with E-state index in [1.165, 1.54) is 5.57 Å². The van der Waals surface area contributed by atoms with Crippen molar-refractivity contribution < 1.29 is 4.79 Å². The zero-order valence-electron chi connectivity index (χ0n) is 6.77. The number of allylic oxidation sites excluding steroid dienone is 2. The first-order chi connectivity index (χ1) is 4.63. The lowest BCUT2D eigenvalue weighted by molar-refractivity contribution is -0.114. The number of Topliss-reactive ketones (excluding diaryl/α,β-unsaturated/α-hetero) is 1. The number of carbonyl (C=O) groups excluding carboxylic acids is 1. The van der Waals surface area contributed by atoms with E-state index in [0.717, 1.165) is 5.57 Å². The largest absolute Gasteiger partial charge is 0.295 e. The van der Waals surface area contributed by atoms with Crippen molar-refractivity contribution in [3.05, 3.63) is 17.6 Å². The Morgan fingerprint density at radius 2 is 2.10 bits per heavy atom.